The lowest BCUT2D eigenvalue weighted by atomic mass is 10.1. The first-order chi connectivity index (χ1) is 6.63. The van der Waals surface area contributed by atoms with E-state index < -0.39 is 11.8 Å². The van der Waals surface area contributed by atoms with Gasteiger partial charge in [-0.05, 0) is 23.6 Å². The van der Waals surface area contributed by atoms with Crippen molar-refractivity contribution >= 4 is 12.0 Å². The summed E-state index contributed by atoms with van der Waals surface area (Å²) < 4.78 is 12.7. The minimum Gasteiger partial charge on any atom is -0.476 e. The van der Waals surface area contributed by atoms with E-state index in [2.05, 4.69) is 0 Å². The average molecular weight is 194 g/mol. The van der Waals surface area contributed by atoms with Crippen LogP contribution >= 0.6 is 0 Å². The third-order valence-electron chi connectivity index (χ3n) is 1.89. The summed E-state index contributed by atoms with van der Waals surface area (Å²) in [6.45, 7) is 2.02. The lowest BCUT2D eigenvalue weighted by Gasteiger charge is -1.97. The summed E-state index contributed by atoms with van der Waals surface area (Å²) in [5.74, 6) is -2.68. The van der Waals surface area contributed by atoms with Crippen molar-refractivity contribution in [3.8, 4) is 0 Å². The summed E-state index contributed by atoms with van der Waals surface area (Å²) >= 11 is 0. The van der Waals surface area contributed by atoms with Crippen LogP contribution in [0.3, 0.4) is 0 Å². The molecule has 0 aromatic heterocycles. The highest BCUT2D eigenvalue weighted by atomic mass is 19.1. The van der Waals surface area contributed by atoms with Gasteiger partial charge >= 0.3 is 5.97 Å². The Balaban J connectivity index is 2.88. The minimum absolute atomic E-state index is 0.558. The Hall–Kier alpha value is -1.64. The van der Waals surface area contributed by atoms with Crippen LogP contribution in [0.15, 0.2) is 30.1 Å². The molecule has 1 aromatic carbocycles. The van der Waals surface area contributed by atoms with Gasteiger partial charge in [-0.25, -0.2) is 4.79 Å². The second-order valence-electron chi connectivity index (χ2n) is 2.89. The van der Waals surface area contributed by atoms with Crippen molar-refractivity contribution in [3.05, 3.63) is 41.2 Å². The maximum absolute atomic E-state index is 12.7. The van der Waals surface area contributed by atoms with Gasteiger partial charge < -0.3 is 5.11 Å². The third kappa shape index (κ3) is 2.69. The Kier molecular flexibility index (Phi) is 3.40. The van der Waals surface area contributed by atoms with Crippen LogP contribution in [0.1, 0.15) is 18.1 Å². The standard InChI is InChI=1S/C11H11FO2/c1-2-8-3-5-9(6-4-8)7-10(12)11(13)14/h3-7H,2H2,1H3,(H,13,14). The summed E-state index contributed by atoms with van der Waals surface area (Å²) in [5.41, 5.74) is 1.69. The Morgan fingerprint density at radius 2 is 2.00 bits per heavy atom. The first-order valence-corrected chi connectivity index (χ1v) is 4.33. The quantitative estimate of drug-likeness (QED) is 0.751. The van der Waals surface area contributed by atoms with Crippen LogP contribution in [0, 0.1) is 0 Å². The molecule has 0 atom stereocenters. The van der Waals surface area contributed by atoms with E-state index in [-0.39, 0.29) is 0 Å². The van der Waals surface area contributed by atoms with Gasteiger partial charge in [0.15, 0.2) is 0 Å². The normalized spacial score (nSPS) is 11.4. The number of hydrogen-bond donors (Lipinski definition) is 1. The highest BCUT2D eigenvalue weighted by molar-refractivity contribution is 5.89. The molecule has 1 N–H and O–H groups in total. The highest BCUT2D eigenvalue weighted by Gasteiger charge is 2.04. The molecular formula is C11H11FO2. The molecule has 1 rings (SSSR count). The smallest absolute Gasteiger partial charge is 0.364 e. The molecule has 2 nitrogen and oxygen atoms in total. The fourth-order valence-corrected chi connectivity index (χ4v) is 1.06. The van der Waals surface area contributed by atoms with E-state index >= 15 is 0 Å². The zero-order valence-electron chi connectivity index (χ0n) is 7.83. The van der Waals surface area contributed by atoms with Gasteiger partial charge in [-0.2, -0.15) is 4.39 Å². The van der Waals surface area contributed by atoms with Crippen LogP contribution in [0.2, 0.25) is 0 Å². The second kappa shape index (κ2) is 4.56. The molecule has 0 aliphatic carbocycles. The molecule has 14 heavy (non-hydrogen) atoms. The molecular weight excluding hydrogens is 183 g/mol. The van der Waals surface area contributed by atoms with Crippen molar-refractivity contribution in [2.75, 3.05) is 0 Å². The van der Waals surface area contributed by atoms with E-state index in [1.54, 1.807) is 12.1 Å². The predicted molar refractivity (Wildman–Crippen MR) is 52.5 cm³/mol. The molecule has 0 spiro atoms. The Morgan fingerprint density at radius 1 is 1.43 bits per heavy atom. The summed E-state index contributed by atoms with van der Waals surface area (Å²) in [6, 6.07) is 7.09. The number of hydrogen-bond acceptors (Lipinski definition) is 1. The van der Waals surface area contributed by atoms with Crippen molar-refractivity contribution in [1.29, 1.82) is 0 Å². The van der Waals surface area contributed by atoms with Gasteiger partial charge in [0, 0.05) is 0 Å². The fraction of sp³-hybridized carbons (Fsp3) is 0.182. The van der Waals surface area contributed by atoms with Gasteiger partial charge in [0.2, 0.25) is 5.83 Å². The molecule has 0 heterocycles. The molecule has 0 aliphatic heterocycles. The average Bonchev–Trinajstić information content (AvgIpc) is 2.19. The molecule has 3 heteroatoms. The number of aliphatic carboxylic acids is 1. The topological polar surface area (TPSA) is 37.3 Å². The summed E-state index contributed by atoms with van der Waals surface area (Å²) in [6.07, 6.45) is 1.91. The minimum atomic E-state index is -1.54. The molecule has 0 saturated heterocycles. The zero-order chi connectivity index (χ0) is 10.6. The van der Waals surface area contributed by atoms with Crippen LogP contribution in [0.5, 0.6) is 0 Å². The van der Waals surface area contributed by atoms with E-state index in [0.717, 1.165) is 18.1 Å². The van der Waals surface area contributed by atoms with Crippen molar-refractivity contribution < 1.29 is 14.3 Å². The van der Waals surface area contributed by atoms with Gasteiger partial charge in [0.1, 0.15) is 0 Å². The Bertz CT molecular complexity index is 352. The van der Waals surface area contributed by atoms with Crippen molar-refractivity contribution in [2.24, 2.45) is 0 Å². The van der Waals surface area contributed by atoms with Crippen LogP contribution in [0.4, 0.5) is 4.39 Å². The predicted octanol–water partition coefficient (Wildman–Crippen LogP) is 2.64. The van der Waals surface area contributed by atoms with E-state index in [9.17, 15) is 9.18 Å². The first-order valence-electron chi connectivity index (χ1n) is 4.33. The second-order valence-corrected chi connectivity index (χ2v) is 2.89. The number of carbonyl (C=O) groups is 1. The summed E-state index contributed by atoms with van der Waals surface area (Å²) in [5, 5.41) is 8.30. The van der Waals surface area contributed by atoms with E-state index in [1.807, 2.05) is 19.1 Å². The Labute approximate surface area is 81.7 Å². The first kappa shape index (κ1) is 10.4. The molecule has 0 unspecified atom stereocenters. The van der Waals surface area contributed by atoms with Crippen molar-refractivity contribution in [3.63, 3.8) is 0 Å². The molecule has 0 amide bonds. The van der Waals surface area contributed by atoms with Crippen LogP contribution < -0.4 is 0 Å². The maximum Gasteiger partial charge on any atom is 0.364 e. The van der Waals surface area contributed by atoms with E-state index in [4.69, 9.17) is 5.11 Å². The van der Waals surface area contributed by atoms with Crippen molar-refractivity contribution in [2.45, 2.75) is 13.3 Å². The third-order valence-corrected chi connectivity index (χ3v) is 1.89. The van der Waals surface area contributed by atoms with E-state index in [0.29, 0.717) is 5.56 Å². The lowest BCUT2D eigenvalue weighted by Crippen LogP contribution is -1.94. The van der Waals surface area contributed by atoms with Gasteiger partial charge in [0.05, 0.1) is 0 Å². The van der Waals surface area contributed by atoms with Gasteiger partial charge in [0.25, 0.3) is 0 Å². The zero-order valence-corrected chi connectivity index (χ0v) is 7.83. The van der Waals surface area contributed by atoms with E-state index in [1.165, 1.54) is 0 Å². The number of carboxylic acids is 1. The molecule has 0 bridgehead atoms. The number of rotatable bonds is 3. The fourth-order valence-electron chi connectivity index (χ4n) is 1.06. The highest BCUT2D eigenvalue weighted by Crippen LogP contribution is 2.10. The SMILES string of the molecule is CCc1ccc(C=C(F)C(=O)O)cc1. The number of benzene rings is 1. The van der Waals surface area contributed by atoms with Gasteiger partial charge in [-0.1, -0.05) is 31.2 Å². The molecule has 0 saturated carbocycles. The lowest BCUT2D eigenvalue weighted by molar-refractivity contribution is -0.134. The van der Waals surface area contributed by atoms with Crippen molar-refractivity contribution in [1.82, 2.24) is 0 Å². The molecule has 0 fully saturated rings. The number of carboxylic acid groups (broad SMARTS) is 1. The van der Waals surface area contributed by atoms with Crippen LogP contribution in [0.25, 0.3) is 6.08 Å². The van der Waals surface area contributed by atoms with Gasteiger partial charge in [-0.15, -0.1) is 0 Å². The molecule has 74 valence electrons. The Morgan fingerprint density at radius 3 is 2.43 bits per heavy atom. The monoisotopic (exact) mass is 194 g/mol. The summed E-state index contributed by atoms with van der Waals surface area (Å²) in [7, 11) is 0. The molecule has 0 radical (unpaired) electrons. The molecule has 0 aliphatic rings. The maximum atomic E-state index is 12.7. The van der Waals surface area contributed by atoms with Crippen LogP contribution in [-0.2, 0) is 11.2 Å². The summed E-state index contributed by atoms with van der Waals surface area (Å²) in [4.78, 5) is 10.2. The molecule has 1 aromatic rings. The number of aryl methyl sites for hydroxylation is 1. The van der Waals surface area contributed by atoms with Crippen LogP contribution in [-0.4, -0.2) is 11.1 Å². The number of halogens is 1. The van der Waals surface area contributed by atoms with Gasteiger partial charge in [-0.3, -0.25) is 0 Å². The largest absolute Gasteiger partial charge is 0.476 e.